The number of aryl methyl sites for hydroxylation is 1. The smallest absolute Gasteiger partial charge is 0.191 e. The highest BCUT2D eigenvalue weighted by molar-refractivity contribution is 7.98. The van der Waals surface area contributed by atoms with Crippen molar-refractivity contribution in [2.75, 3.05) is 13.7 Å². The summed E-state index contributed by atoms with van der Waals surface area (Å²) in [7, 11) is 1.65. The van der Waals surface area contributed by atoms with Gasteiger partial charge in [0.2, 0.25) is 0 Å². The first kappa shape index (κ1) is 21.4. The molecule has 6 nitrogen and oxygen atoms in total. The molecule has 0 spiro atoms. The van der Waals surface area contributed by atoms with Crippen molar-refractivity contribution in [1.29, 1.82) is 0 Å². The molecule has 0 saturated heterocycles. The maximum Gasteiger partial charge on any atom is 0.191 e. The van der Waals surface area contributed by atoms with Crippen LogP contribution in [0.15, 0.2) is 59.1 Å². The lowest BCUT2D eigenvalue weighted by Crippen LogP contribution is -2.03. The van der Waals surface area contributed by atoms with Crippen molar-refractivity contribution >= 4 is 23.1 Å². The molecule has 0 N–H and O–H groups in total. The summed E-state index contributed by atoms with van der Waals surface area (Å²) in [5, 5.41) is 12.6. The van der Waals surface area contributed by atoms with Crippen LogP contribution in [-0.2, 0) is 12.3 Å². The molecule has 2 aromatic carbocycles. The Bertz CT molecular complexity index is 1140. The van der Waals surface area contributed by atoms with E-state index in [0.717, 1.165) is 51.0 Å². The van der Waals surface area contributed by atoms with Crippen molar-refractivity contribution in [2.45, 2.75) is 31.3 Å². The van der Waals surface area contributed by atoms with Crippen LogP contribution in [0.5, 0.6) is 11.5 Å². The Morgan fingerprint density at radius 1 is 1.06 bits per heavy atom. The van der Waals surface area contributed by atoms with E-state index in [1.165, 1.54) is 5.56 Å². The average molecular weight is 453 g/mol. The topological polar surface area (TPSA) is 62.1 Å². The van der Waals surface area contributed by atoms with Crippen molar-refractivity contribution in [2.24, 2.45) is 0 Å². The molecule has 0 unspecified atom stereocenters. The maximum absolute atomic E-state index is 5.61. The summed E-state index contributed by atoms with van der Waals surface area (Å²) in [6.45, 7) is 5.31. The minimum atomic E-state index is 0.600. The van der Waals surface area contributed by atoms with E-state index in [0.29, 0.717) is 6.61 Å². The highest BCUT2D eigenvalue weighted by Gasteiger charge is 2.13. The molecule has 160 valence electrons. The fourth-order valence-corrected chi connectivity index (χ4v) is 4.93. The average Bonchev–Trinajstić information content (AvgIpc) is 3.41. The maximum atomic E-state index is 5.61. The van der Waals surface area contributed by atoms with Gasteiger partial charge < -0.3 is 14.0 Å². The second kappa shape index (κ2) is 9.98. The Morgan fingerprint density at radius 3 is 2.68 bits per heavy atom. The van der Waals surface area contributed by atoms with Crippen molar-refractivity contribution in [3.8, 4) is 22.1 Å². The number of hydrogen-bond acceptors (Lipinski definition) is 7. The third-order valence-corrected chi connectivity index (χ3v) is 6.64. The Kier molecular flexibility index (Phi) is 6.89. The Hall–Kier alpha value is -2.84. The van der Waals surface area contributed by atoms with Gasteiger partial charge >= 0.3 is 0 Å². The summed E-state index contributed by atoms with van der Waals surface area (Å²) in [6, 6.07) is 16.3. The van der Waals surface area contributed by atoms with Gasteiger partial charge in [0.15, 0.2) is 16.7 Å². The van der Waals surface area contributed by atoms with E-state index in [1.54, 1.807) is 30.2 Å². The summed E-state index contributed by atoms with van der Waals surface area (Å²) in [6.07, 6.45) is 0. The first-order valence-electron chi connectivity index (χ1n) is 10.00. The first-order chi connectivity index (χ1) is 15.2. The standard InChI is InChI=1S/C23H24N4O2S2/c1-4-29-20-11-10-18(12-21(20)28-3)22-24-19(14-30-22)15-31-23-26-25-16(2)27(23)13-17-8-6-5-7-9-17/h5-12,14H,4,13,15H2,1-3H3. The zero-order valence-corrected chi connectivity index (χ0v) is 19.4. The molecule has 0 aliphatic rings. The number of nitrogens with zero attached hydrogens (tertiary/aromatic N) is 4. The minimum Gasteiger partial charge on any atom is -0.493 e. The monoisotopic (exact) mass is 452 g/mol. The Balaban J connectivity index is 1.46. The van der Waals surface area contributed by atoms with Gasteiger partial charge in [-0.1, -0.05) is 42.1 Å². The lowest BCUT2D eigenvalue weighted by molar-refractivity contribution is 0.311. The van der Waals surface area contributed by atoms with Gasteiger partial charge in [-0.3, -0.25) is 0 Å². The van der Waals surface area contributed by atoms with Crippen LogP contribution in [-0.4, -0.2) is 33.5 Å². The van der Waals surface area contributed by atoms with Crippen LogP contribution in [0, 0.1) is 6.92 Å². The molecule has 0 saturated carbocycles. The van der Waals surface area contributed by atoms with Gasteiger partial charge in [0.05, 0.1) is 26.0 Å². The summed E-state index contributed by atoms with van der Waals surface area (Å²) in [5.74, 6) is 3.10. The highest BCUT2D eigenvalue weighted by atomic mass is 32.2. The van der Waals surface area contributed by atoms with Gasteiger partial charge in [0.25, 0.3) is 0 Å². The number of thiazole rings is 1. The third-order valence-electron chi connectivity index (χ3n) is 4.70. The molecule has 0 aliphatic heterocycles. The minimum absolute atomic E-state index is 0.600. The summed E-state index contributed by atoms with van der Waals surface area (Å²) >= 11 is 3.28. The van der Waals surface area contributed by atoms with Crippen molar-refractivity contribution in [3.63, 3.8) is 0 Å². The van der Waals surface area contributed by atoms with Gasteiger partial charge in [-0.25, -0.2) is 4.98 Å². The summed E-state index contributed by atoms with van der Waals surface area (Å²) in [4.78, 5) is 4.81. The lowest BCUT2D eigenvalue weighted by Gasteiger charge is -2.10. The zero-order chi connectivity index (χ0) is 21.6. The fraction of sp³-hybridized carbons (Fsp3) is 0.261. The lowest BCUT2D eigenvalue weighted by atomic mass is 10.2. The number of hydrogen-bond donors (Lipinski definition) is 0. The number of aromatic nitrogens is 4. The Labute approximate surface area is 190 Å². The predicted molar refractivity (Wildman–Crippen MR) is 125 cm³/mol. The third kappa shape index (κ3) is 5.08. The molecule has 4 rings (SSSR count). The van der Waals surface area contributed by atoms with E-state index in [4.69, 9.17) is 14.5 Å². The zero-order valence-electron chi connectivity index (χ0n) is 17.7. The van der Waals surface area contributed by atoms with E-state index in [2.05, 4.69) is 44.4 Å². The van der Waals surface area contributed by atoms with Crippen LogP contribution >= 0.6 is 23.1 Å². The number of benzene rings is 2. The molecule has 0 fully saturated rings. The second-order valence-corrected chi connectivity index (χ2v) is 8.63. The van der Waals surface area contributed by atoms with Crippen LogP contribution in [0.4, 0.5) is 0 Å². The van der Waals surface area contributed by atoms with Crippen molar-refractivity contribution < 1.29 is 9.47 Å². The normalized spacial score (nSPS) is 10.9. The molecule has 31 heavy (non-hydrogen) atoms. The van der Waals surface area contributed by atoms with Crippen molar-refractivity contribution in [1.82, 2.24) is 19.7 Å². The molecule has 8 heteroatoms. The van der Waals surface area contributed by atoms with E-state index >= 15 is 0 Å². The fourth-order valence-electron chi connectivity index (χ4n) is 3.14. The molecular weight excluding hydrogens is 428 g/mol. The van der Waals surface area contributed by atoms with Crippen LogP contribution in [0.25, 0.3) is 10.6 Å². The molecular formula is C23H24N4O2S2. The first-order valence-corrected chi connectivity index (χ1v) is 11.9. The van der Waals surface area contributed by atoms with Crippen molar-refractivity contribution in [3.05, 3.63) is 71.0 Å². The van der Waals surface area contributed by atoms with Crippen LogP contribution in [0.1, 0.15) is 24.0 Å². The molecule has 0 amide bonds. The Morgan fingerprint density at radius 2 is 1.90 bits per heavy atom. The van der Waals surface area contributed by atoms with Gasteiger partial charge in [-0.05, 0) is 37.6 Å². The quantitative estimate of drug-likeness (QED) is 0.314. The summed E-state index contributed by atoms with van der Waals surface area (Å²) in [5.41, 5.74) is 3.27. The van der Waals surface area contributed by atoms with Gasteiger partial charge in [-0.15, -0.1) is 21.5 Å². The van der Waals surface area contributed by atoms with Crippen LogP contribution in [0.3, 0.4) is 0 Å². The molecule has 0 aliphatic carbocycles. The summed E-state index contributed by atoms with van der Waals surface area (Å²) < 4.78 is 13.2. The molecule has 2 aromatic heterocycles. The van der Waals surface area contributed by atoms with E-state index < -0.39 is 0 Å². The number of methoxy groups -OCH3 is 1. The number of ether oxygens (including phenoxy) is 2. The van der Waals surface area contributed by atoms with Crippen LogP contribution in [0.2, 0.25) is 0 Å². The van der Waals surface area contributed by atoms with E-state index in [-0.39, 0.29) is 0 Å². The van der Waals surface area contributed by atoms with Gasteiger partial charge in [0, 0.05) is 16.7 Å². The molecule has 0 atom stereocenters. The number of rotatable bonds is 9. The predicted octanol–water partition coefficient (Wildman–Crippen LogP) is 5.46. The number of thioether (sulfide) groups is 1. The highest BCUT2D eigenvalue weighted by Crippen LogP contribution is 2.34. The second-order valence-electron chi connectivity index (χ2n) is 6.83. The molecule has 2 heterocycles. The SMILES string of the molecule is CCOc1ccc(-c2nc(CSc3nnc(C)n3Cc3ccccc3)cs2)cc1OC. The van der Waals surface area contributed by atoms with Gasteiger partial charge in [0.1, 0.15) is 10.8 Å². The molecule has 4 aromatic rings. The molecule has 0 bridgehead atoms. The van der Waals surface area contributed by atoms with E-state index in [9.17, 15) is 0 Å². The van der Waals surface area contributed by atoms with E-state index in [1.807, 2.05) is 38.1 Å². The van der Waals surface area contributed by atoms with Gasteiger partial charge in [-0.2, -0.15) is 0 Å². The van der Waals surface area contributed by atoms with Crippen LogP contribution < -0.4 is 9.47 Å². The largest absolute Gasteiger partial charge is 0.493 e. The molecule has 0 radical (unpaired) electrons.